The minimum atomic E-state index is -0.933. The van der Waals surface area contributed by atoms with E-state index < -0.39 is 23.8 Å². The molecule has 7 heteroatoms. The number of amides is 3. The van der Waals surface area contributed by atoms with Gasteiger partial charge in [-0.25, -0.2) is 4.79 Å². The summed E-state index contributed by atoms with van der Waals surface area (Å²) in [4.78, 5) is 43.4. The Kier molecular flexibility index (Phi) is 14.1. The van der Waals surface area contributed by atoms with Gasteiger partial charge in [0.1, 0.15) is 17.7 Å². The molecule has 0 aliphatic carbocycles. The van der Waals surface area contributed by atoms with E-state index in [4.69, 9.17) is 4.74 Å². The second-order valence-corrected chi connectivity index (χ2v) is 12.7. The van der Waals surface area contributed by atoms with Gasteiger partial charge in [-0.15, -0.1) is 0 Å². The summed E-state index contributed by atoms with van der Waals surface area (Å²) in [5, 5.41) is 5.93. The minimum Gasteiger partial charge on any atom is -0.444 e. The van der Waals surface area contributed by atoms with Gasteiger partial charge in [0.25, 0.3) is 0 Å². The zero-order chi connectivity index (χ0) is 32.7. The minimum absolute atomic E-state index is 0.262. The SMILES string of the molecule is CCCCCCCCN(C(=O)C(Cc1ccccc1)NC(=O)OC(C)(C)C)C(C(=O)NCc1ccccc1)c1ccc(C)cc1. The van der Waals surface area contributed by atoms with Crippen molar-refractivity contribution in [1.29, 1.82) is 0 Å². The molecule has 242 valence electrons. The van der Waals surface area contributed by atoms with Gasteiger partial charge in [-0.1, -0.05) is 130 Å². The number of carbonyl (C=O) groups excluding carboxylic acids is 3. The Morgan fingerprint density at radius 2 is 1.36 bits per heavy atom. The smallest absolute Gasteiger partial charge is 0.408 e. The predicted molar refractivity (Wildman–Crippen MR) is 181 cm³/mol. The van der Waals surface area contributed by atoms with E-state index in [0.717, 1.165) is 54.4 Å². The first-order valence-corrected chi connectivity index (χ1v) is 16.3. The van der Waals surface area contributed by atoms with Crippen LogP contribution in [0.4, 0.5) is 4.79 Å². The van der Waals surface area contributed by atoms with Gasteiger partial charge in [0, 0.05) is 19.5 Å². The summed E-state index contributed by atoms with van der Waals surface area (Å²) in [5.41, 5.74) is 2.91. The molecule has 3 aromatic rings. The zero-order valence-electron chi connectivity index (χ0n) is 27.7. The number of rotatable bonds is 16. The lowest BCUT2D eigenvalue weighted by Gasteiger charge is -2.35. The van der Waals surface area contributed by atoms with E-state index >= 15 is 0 Å². The van der Waals surface area contributed by atoms with Crippen molar-refractivity contribution >= 4 is 17.9 Å². The molecule has 7 nitrogen and oxygen atoms in total. The van der Waals surface area contributed by atoms with Gasteiger partial charge < -0.3 is 20.3 Å². The van der Waals surface area contributed by atoms with E-state index in [1.54, 1.807) is 25.7 Å². The summed E-state index contributed by atoms with van der Waals surface area (Å²) in [6.45, 7) is 10.3. The summed E-state index contributed by atoms with van der Waals surface area (Å²) in [7, 11) is 0. The highest BCUT2D eigenvalue weighted by Gasteiger charge is 2.36. The van der Waals surface area contributed by atoms with Gasteiger partial charge in [-0.05, 0) is 50.8 Å². The van der Waals surface area contributed by atoms with Crippen molar-refractivity contribution in [3.8, 4) is 0 Å². The number of nitrogens with zero attached hydrogens (tertiary/aromatic N) is 1. The van der Waals surface area contributed by atoms with Crippen LogP contribution in [-0.2, 0) is 27.3 Å². The lowest BCUT2D eigenvalue weighted by molar-refractivity contribution is -0.142. The molecule has 0 saturated carbocycles. The van der Waals surface area contributed by atoms with E-state index in [9.17, 15) is 14.4 Å². The summed E-state index contributed by atoms with van der Waals surface area (Å²) in [5.74, 6) is -0.587. The fourth-order valence-corrected chi connectivity index (χ4v) is 5.23. The maximum Gasteiger partial charge on any atom is 0.408 e. The molecule has 0 aliphatic rings. The Morgan fingerprint density at radius 3 is 1.96 bits per heavy atom. The highest BCUT2D eigenvalue weighted by atomic mass is 16.6. The molecule has 0 heterocycles. The van der Waals surface area contributed by atoms with Crippen LogP contribution in [0.3, 0.4) is 0 Å². The van der Waals surface area contributed by atoms with Crippen LogP contribution in [0.5, 0.6) is 0 Å². The van der Waals surface area contributed by atoms with Crippen molar-refractivity contribution in [3.05, 3.63) is 107 Å². The lowest BCUT2D eigenvalue weighted by Crippen LogP contribution is -2.54. The number of unbranched alkanes of at least 4 members (excludes halogenated alkanes) is 5. The molecule has 0 radical (unpaired) electrons. The van der Waals surface area contributed by atoms with Crippen LogP contribution in [0.1, 0.15) is 94.5 Å². The van der Waals surface area contributed by atoms with E-state index in [2.05, 4.69) is 17.6 Å². The van der Waals surface area contributed by atoms with Gasteiger partial charge in [0.2, 0.25) is 11.8 Å². The third-order valence-electron chi connectivity index (χ3n) is 7.57. The number of carbonyl (C=O) groups is 3. The van der Waals surface area contributed by atoms with Crippen molar-refractivity contribution < 1.29 is 19.1 Å². The molecule has 0 saturated heterocycles. The molecule has 0 bridgehead atoms. The topological polar surface area (TPSA) is 87.7 Å². The molecule has 3 amide bonds. The van der Waals surface area contributed by atoms with Crippen molar-refractivity contribution in [3.63, 3.8) is 0 Å². The molecule has 45 heavy (non-hydrogen) atoms. The first kappa shape index (κ1) is 35.4. The molecule has 0 fully saturated rings. The molecular formula is C38H51N3O4. The van der Waals surface area contributed by atoms with E-state index in [0.29, 0.717) is 13.1 Å². The molecule has 2 atom stereocenters. The second kappa shape index (κ2) is 18.0. The van der Waals surface area contributed by atoms with Gasteiger partial charge in [-0.3, -0.25) is 9.59 Å². The van der Waals surface area contributed by atoms with E-state index in [-0.39, 0.29) is 18.2 Å². The average Bonchev–Trinajstić information content (AvgIpc) is 3.01. The standard InChI is InChI=1S/C38H51N3O4/c1-6-7-8-9-10-17-26-41(36(43)33(27-30-18-13-11-14-19-30)40-37(44)45-38(3,4)5)34(32-24-22-29(2)23-25-32)35(42)39-28-31-20-15-12-16-21-31/h11-16,18-25,33-34H,6-10,17,26-28H2,1-5H3,(H,39,42)(H,40,44). The number of nitrogens with one attached hydrogen (secondary N) is 2. The quantitative estimate of drug-likeness (QED) is 0.162. The zero-order valence-corrected chi connectivity index (χ0v) is 27.7. The van der Waals surface area contributed by atoms with Crippen LogP contribution >= 0.6 is 0 Å². The maximum atomic E-state index is 14.7. The van der Waals surface area contributed by atoms with Crippen LogP contribution in [-0.4, -0.2) is 41.0 Å². The molecule has 3 rings (SSSR count). The number of benzene rings is 3. The van der Waals surface area contributed by atoms with Crippen LogP contribution in [0, 0.1) is 6.92 Å². The monoisotopic (exact) mass is 613 g/mol. The van der Waals surface area contributed by atoms with Crippen molar-refractivity contribution in [1.82, 2.24) is 15.5 Å². The second-order valence-electron chi connectivity index (χ2n) is 12.7. The van der Waals surface area contributed by atoms with Gasteiger partial charge >= 0.3 is 6.09 Å². The molecule has 3 aromatic carbocycles. The Bertz CT molecular complexity index is 1320. The summed E-state index contributed by atoms with van der Waals surface area (Å²) in [6.07, 6.45) is 5.81. The maximum absolute atomic E-state index is 14.7. The molecule has 0 aromatic heterocycles. The predicted octanol–water partition coefficient (Wildman–Crippen LogP) is 7.68. The number of ether oxygens (including phenoxy) is 1. The Balaban J connectivity index is 1.99. The third kappa shape index (κ3) is 12.4. The number of alkyl carbamates (subject to hydrolysis) is 1. The van der Waals surface area contributed by atoms with Crippen molar-refractivity contribution in [2.45, 2.75) is 104 Å². The molecule has 0 aliphatic heterocycles. The fourth-order valence-electron chi connectivity index (χ4n) is 5.23. The molecule has 2 unspecified atom stereocenters. The number of hydrogen-bond acceptors (Lipinski definition) is 4. The average molecular weight is 614 g/mol. The van der Waals surface area contributed by atoms with Gasteiger partial charge in [0.05, 0.1) is 0 Å². The molecule has 0 spiro atoms. The Morgan fingerprint density at radius 1 is 0.778 bits per heavy atom. The van der Waals surface area contributed by atoms with Gasteiger partial charge in [-0.2, -0.15) is 0 Å². The summed E-state index contributed by atoms with van der Waals surface area (Å²) in [6, 6.07) is 25.2. The summed E-state index contributed by atoms with van der Waals surface area (Å²) < 4.78 is 5.57. The van der Waals surface area contributed by atoms with Crippen LogP contribution in [0.25, 0.3) is 0 Å². The third-order valence-corrected chi connectivity index (χ3v) is 7.57. The fraction of sp³-hybridized carbons (Fsp3) is 0.447. The van der Waals surface area contributed by atoms with Crippen LogP contribution in [0.2, 0.25) is 0 Å². The van der Waals surface area contributed by atoms with E-state index in [1.165, 1.54) is 6.42 Å². The number of aryl methyl sites for hydroxylation is 1. The summed E-state index contributed by atoms with van der Waals surface area (Å²) >= 11 is 0. The normalized spacial score (nSPS) is 12.6. The number of hydrogen-bond donors (Lipinski definition) is 2. The first-order chi connectivity index (χ1) is 21.6. The van der Waals surface area contributed by atoms with Crippen molar-refractivity contribution in [2.75, 3.05) is 6.54 Å². The highest BCUT2D eigenvalue weighted by molar-refractivity contribution is 5.92. The molecular weight excluding hydrogens is 562 g/mol. The Hall–Kier alpha value is -4.13. The first-order valence-electron chi connectivity index (χ1n) is 16.3. The highest BCUT2D eigenvalue weighted by Crippen LogP contribution is 2.25. The van der Waals surface area contributed by atoms with Crippen LogP contribution in [0.15, 0.2) is 84.9 Å². The van der Waals surface area contributed by atoms with Gasteiger partial charge in [0.15, 0.2) is 0 Å². The largest absolute Gasteiger partial charge is 0.444 e. The van der Waals surface area contributed by atoms with Crippen LogP contribution < -0.4 is 10.6 Å². The Labute approximate surface area is 269 Å². The van der Waals surface area contributed by atoms with E-state index in [1.807, 2.05) is 91.9 Å². The molecule has 2 N–H and O–H groups in total. The lowest BCUT2D eigenvalue weighted by atomic mass is 9.98. The van der Waals surface area contributed by atoms with Crippen molar-refractivity contribution in [2.24, 2.45) is 0 Å².